The Kier molecular flexibility index (Phi) is 5.13. The van der Waals surface area contributed by atoms with E-state index in [1.165, 1.54) is 36.4 Å². The van der Waals surface area contributed by atoms with Gasteiger partial charge in [0, 0.05) is 24.9 Å². The molecule has 0 amide bonds. The van der Waals surface area contributed by atoms with Gasteiger partial charge in [-0.2, -0.15) is 16.9 Å². The van der Waals surface area contributed by atoms with Crippen LogP contribution in [0, 0.1) is 0 Å². The smallest absolute Gasteiger partial charge is 0.0625 e. The van der Waals surface area contributed by atoms with Gasteiger partial charge >= 0.3 is 0 Å². The van der Waals surface area contributed by atoms with Crippen LogP contribution in [0.3, 0.4) is 0 Å². The molecule has 0 spiro atoms. The Bertz CT molecular complexity index is 375. The monoisotopic (exact) mass is 267 g/mol. The molecule has 1 aliphatic carbocycles. The first-order valence-corrected chi connectivity index (χ1v) is 8.14. The molecule has 0 saturated heterocycles. The van der Waals surface area contributed by atoms with Crippen LogP contribution in [0.1, 0.15) is 44.5 Å². The Hall–Kier alpha value is -0.480. The van der Waals surface area contributed by atoms with Crippen LogP contribution in [0.25, 0.3) is 0 Å². The fourth-order valence-electron chi connectivity index (χ4n) is 2.67. The molecule has 3 nitrogen and oxygen atoms in total. The summed E-state index contributed by atoms with van der Waals surface area (Å²) in [4.78, 5) is 0. The maximum Gasteiger partial charge on any atom is 0.0625 e. The zero-order valence-corrected chi connectivity index (χ0v) is 12.6. The zero-order valence-electron chi connectivity index (χ0n) is 11.8. The molecule has 4 heteroatoms. The lowest BCUT2D eigenvalue weighted by molar-refractivity contribution is 0.508. The highest BCUT2D eigenvalue weighted by Crippen LogP contribution is 2.29. The summed E-state index contributed by atoms with van der Waals surface area (Å²) in [6, 6.07) is 2.93. The van der Waals surface area contributed by atoms with Crippen LogP contribution in [0.2, 0.25) is 0 Å². The largest absolute Gasteiger partial charge is 0.308 e. The minimum atomic E-state index is 0.703. The summed E-state index contributed by atoms with van der Waals surface area (Å²) in [7, 11) is 2.04. The summed E-state index contributed by atoms with van der Waals surface area (Å²) in [6.07, 6.45) is 5.06. The molecular formula is C14H25N3S. The van der Waals surface area contributed by atoms with E-state index in [0.29, 0.717) is 6.04 Å². The minimum absolute atomic E-state index is 0.703. The standard InChI is InChI=1S/C14H25N3S/c1-4-11-8-13(17(3)16-11)10-15-12-6-7-14(9-12)18-5-2/h8,12,14-15H,4-7,9-10H2,1-3H3. The van der Waals surface area contributed by atoms with E-state index in [1.54, 1.807) is 0 Å². The molecule has 18 heavy (non-hydrogen) atoms. The van der Waals surface area contributed by atoms with E-state index in [9.17, 15) is 0 Å². The summed E-state index contributed by atoms with van der Waals surface area (Å²) in [5.74, 6) is 1.25. The van der Waals surface area contributed by atoms with Crippen LogP contribution in [0.5, 0.6) is 0 Å². The van der Waals surface area contributed by atoms with Crippen LogP contribution in [-0.2, 0) is 20.0 Å². The van der Waals surface area contributed by atoms with Gasteiger partial charge in [0.05, 0.1) is 11.4 Å². The summed E-state index contributed by atoms with van der Waals surface area (Å²) in [6.45, 7) is 5.37. The Morgan fingerprint density at radius 2 is 2.28 bits per heavy atom. The fraction of sp³-hybridized carbons (Fsp3) is 0.786. The van der Waals surface area contributed by atoms with Gasteiger partial charge in [0.15, 0.2) is 0 Å². The molecule has 1 fully saturated rings. The Labute approximate surface area is 115 Å². The van der Waals surface area contributed by atoms with Crippen molar-refractivity contribution < 1.29 is 0 Å². The molecule has 2 unspecified atom stereocenters. The van der Waals surface area contributed by atoms with Gasteiger partial charge < -0.3 is 5.32 Å². The molecule has 0 aromatic carbocycles. The maximum absolute atomic E-state index is 4.49. The first-order valence-electron chi connectivity index (χ1n) is 7.09. The molecule has 1 heterocycles. The number of hydrogen-bond donors (Lipinski definition) is 1. The van der Waals surface area contributed by atoms with E-state index >= 15 is 0 Å². The van der Waals surface area contributed by atoms with Crippen LogP contribution in [0.4, 0.5) is 0 Å². The molecule has 0 bridgehead atoms. The number of hydrogen-bond acceptors (Lipinski definition) is 3. The third kappa shape index (κ3) is 3.51. The molecule has 1 saturated carbocycles. The van der Waals surface area contributed by atoms with Gasteiger partial charge in [-0.3, -0.25) is 4.68 Å². The number of nitrogens with zero attached hydrogens (tertiary/aromatic N) is 2. The Morgan fingerprint density at radius 3 is 2.94 bits per heavy atom. The molecule has 1 aliphatic rings. The molecule has 2 rings (SSSR count). The van der Waals surface area contributed by atoms with Crippen LogP contribution in [-0.4, -0.2) is 26.8 Å². The second-order valence-electron chi connectivity index (χ2n) is 5.07. The van der Waals surface area contributed by atoms with Crippen molar-refractivity contribution in [3.63, 3.8) is 0 Å². The topological polar surface area (TPSA) is 29.9 Å². The van der Waals surface area contributed by atoms with E-state index < -0.39 is 0 Å². The van der Waals surface area contributed by atoms with Gasteiger partial charge in [0.25, 0.3) is 0 Å². The van der Waals surface area contributed by atoms with Crippen molar-refractivity contribution in [3.8, 4) is 0 Å². The quantitative estimate of drug-likeness (QED) is 0.859. The number of aryl methyl sites for hydroxylation is 2. The summed E-state index contributed by atoms with van der Waals surface area (Å²) < 4.78 is 2.01. The molecule has 1 aromatic rings. The Morgan fingerprint density at radius 1 is 1.44 bits per heavy atom. The third-order valence-corrected chi connectivity index (χ3v) is 4.98. The van der Waals surface area contributed by atoms with Gasteiger partial charge in [0.2, 0.25) is 0 Å². The average Bonchev–Trinajstić information content (AvgIpc) is 2.94. The molecule has 2 atom stereocenters. The first-order chi connectivity index (χ1) is 8.72. The minimum Gasteiger partial charge on any atom is -0.308 e. The predicted octanol–water partition coefficient (Wildman–Crippen LogP) is 2.75. The van der Waals surface area contributed by atoms with Crippen molar-refractivity contribution in [2.45, 2.75) is 57.4 Å². The highest BCUT2D eigenvalue weighted by molar-refractivity contribution is 7.99. The first kappa shape index (κ1) is 13.9. The van der Waals surface area contributed by atoms with E-state index in [-0.39, 0.29) is 0 Å². The summed E-state index contributed by atoms with van der Waals surface area (Å²) in [5.41, 5.74) is 2.50. The van der Waals surface area contributed by atoms with Crippen molar-refractivity contribution in [2.75, 3.05) is 5.75 Å². The van der Waals surface area contributed by atoms with Gasteiger partial charge in [-0.25, -0.2) is 0 Å². The number of aromatic nitrogens is 2. The van der Waals surface area contributed by atoms with E-state index in [1.807, 2.05) is 11.7 Å². The van der Waals surface area contributed by atoms with E-state index in [0.717, 1.165) is 18.2 Å². The maximum atomic E-state index is 4.49. The molecule has 1 N–H and O–H groups in total. The van der Waals surface area contributed by atoms with Crippen molar-refractivity contribution in [3.05, 3.63) is 17.5 Å². The fourth-order valence-corrected chi connectivity index (χ4v) is 3.81. The lowest BCUT2D eigenvalue weighted by atomic mass is 10.2. The SMILES string of the molecule is CCSC1CCC(NCc2cc(CC)nn2C)C1. The van der Waals surface area contributed by atoms with E-state index in [4.69, 9.17) is 0 Å². The normalized spacial score (nSPS) is 23.7. The second kappa shape index (κ2) is 6.62. The van der Waals surface area contributed by atoms with Crippen molar-refractivity contribution >= 4 is 11.8 Å². The van der Waals surface area contributed by atoms with Crippen LogP contribution >= 0.6 is 11.8 Å². The zero-order chi connectivity index (χ0) is 13.0. The van der Waals surface area contributed by atoms with Crippen molar-refractivity contribution in [2.24, 2.45) is 7.05 Å². The van der Waals surface area contributed by atoms with Gasteiger partial charge in [-0.05, 0) is 37.5 Å². The van der Waals surface area contributed by atoms with Gasteiger partial charge in [0.1, 0.15) is 0 Å². The molecule has 102 valence electrons. The van der Waals surface area contributed by atoms with Crippen LogP contribution < -0.4 is 5.32 Å². The lowest BCUT2D eigenvalue weighted by Crippen LogP contribution is -2.27. The van der Waals surface area contributed by atoms with Crippen LogP contribution in [0.15, 0.2) is 6.07 Å². The van der Waals surface area contributed by atoms with Crippen molar-refractivity contribution in [1.29, 1.82) is 0 Å². The number of thioether (sulfide) groups is 1. The molecular weight excluding hydrogens is 242 g/mol. The summed E-state index contributed by atoms with van der Waals surface area (Å²) in [5, 5.41) is 9.06. The second-order valence-corrected chi connectivity index (χ2v) is 6.65. The Balaban J connectivity index is 1.79. The third-order valence-electron chi connectivity index (χ3n) is 3.75. The predicted molar refractivity (Wildman–Crippen MR) is 79.0 cm³/mol. The molecule has 1 aromatic heterocycles. The summed E-state index contributed by atoms with van der Waals surface area (Å²) >= 11 is 2.12. The lowest BCUT2D eigenvalue weighted by Gasteiger charge is -2.13. The van der Waals surface area contributed by atoms with Gasteiger partial charge in [-0.15, -0.1) is 0 Å². The van der Waals surface area contributed by atoms with Crippen molar-refractivity contribution in [1.82, 2.24) is 15.1 Å². The highest BCUT2D eigenvalue weighted by atomic mass is 32.2. The number of nitrogens with one attached hydrogen (secondary N) is 1. The highest BCUT2D eigenvalue weighted by Gasteiger charge is 2.24. The molecule has 0 radical (unpaired) electrons. The number of rotatable bonds is 6. The van der Waals surface area contributed by atoms with Gasteiger partial charge in [-0.1, -0.05) is 13.8 Å². The van der Waals surface area contributed by atoms with E-state index in [2.05, 4.69) is 42.1 Å². The molecule has 0 aliphatic heterocycles. The average molecular weight is 267 g/mol.